The van der Waals surface area contributed by atoms with E-state index in [4.69, 9.17) is 11.6 Å². The van der Waals surface area contributed by atoms with Crippen LogP contribution in [0.15, 0.2) is 6.20 Å². The van der Waals surface area contributed by atoms with Gasteiger partial charge in [0.2, 0.25) is 5.91 Å². The van der Waals surface area contributed by atoms with Crippen molar-refractivity contribution in [2.75, 3.05) is 11.9 Å². The van der Waals surface area contributed by atoms with Gasteiger partial charge in [0.1, 0.15) is 5.02 Å². The Morgan fingerprint density at radius 2 is 2.33 bits per heavy atom. The van der Waals surface area contributed by atoms with Crippen molar-refractivity contribution in [3.05, 3.63) is 11.2 Å². The van der Waals surface area contributed by atoms with Crippen molar-refractivity contribution < 1.29 is 4.79 Å². The molecule has 1 aliphatic carbocycles. The maximum atomic E-state index is 12.8. The highest BCUT2D eigenvalue weighted by molar-refractivity contribution is 6.33. The zero-order chi connectivity index (χ0) is 15.0. The minimum Gasteiger partial charge on any atom is -0.313 e. The van der Waals surface area contributed by atoms with Crippen molar-refractivity contribution in [3.63, 3.8) is 0 Å². The largest absolute Gasteiger partial charge is 0.313 e. The molecule has 0 radical (unpaired) electrons. The van der Waals surface area contributed by atoms with Crippen LogP contribution in [0.25, 0.3) is 0 Å². The van der Waals surface area contributed by atoms with Crippen LogP contribution in [-0.2, 0) is 4.79 Å². The lowest BCUT2D eigenvalue weighted by molar-refractivity contribution is -0.127. The number of fused-ring (bicyclic) bond motifs is 1. The zero-order valence-electron chi connectivity index (χ0n) is 12.7. The summed E-state index contributed by atoms with van der Waals surface area (Å²) < 4.78 is 1.78. The Morgan fingerprint density at radius 1 is 1.52 bits per heavy atom. The first-order valence-electron chi connectivity index (χ1n) is 7.82. The molecule has 1 aromatic rings. The number of hydrogen-bond acceptors (Lipinski definition) is 3. The van der Waals surface area contributed by atoms with E-state index >= 15 is 0 Å². The maximum absolute atomic E-state index is 12.8. The number of anilines is 1. The molecule has 21 heavy (non-hydrogen) atoms. The van der Waals surface area contributed by atoms with Crippen LogP contribution in [0.2, 0.25) is 5.02 Å². The third-order valence-corrected chi connectivity index (χ3v) is 5.17. The lowest BCUT2D eigenvalue weighted by atomic mass is 9.70. The molecule has 2 heterocycles. The van der Waals surface area contributed by atoms with Crippen molar-refractivity contribution in [3.8, 4) is 0 Å². The third-order valence-electron chi connectivity index (χ3n) is 4.90. The van der Waals surface area contributed by atoms with Crippen LogP contribution in [0.5, 0.6) is 0 Å². The highest BCUT2D eigenvalue weighted by atomic mass is 35.5. The van der Waals surface area contributed by atoms with Crippen molar-refractivity contribution in [2.24, 2.45) is 5.41 Å². The third kappa shape index (κ3) is 2.57. The Balaban J connectivity index is 1.79. The van der Waals surface area contributed by atoms with E-state index in [0.717, 1.165) is 32.2 Å². The quantitative estimate of drug-likeness (QED) is 0.902. The minimum atomic E-state index is -0.275. The monoisotopic (exact) mass is 310 g/mol. The molecule has 1 saturated carbocycles. The molecule has 116 valence electrons. The molecule has 0 aromatic carbocycles. The Bertz CT molecular complexity index is 542. The summed E-state index contributed by atoms with van der Waals surface area (Å²) in [6, 6.07) is 0.527. The smallest absolute Gasteiger partial charge is 0.233 e. The maximum Gasteiger partial charge on any atom is 0.233 e. The van der Waals surface area contributed by atoms with Crippen LogP contribution in [0, 0.1) is 5.41 Å². The standard InChI is InChI=1S/C15H23ClN4O/c1-10(2)20-9-11(16)13(19-20)18-14(21)15-6-4-3-5-12(15)17-8-7-15/h9-10,12,17H,3-8H2,1-2H3,(H,18,19,21)/t12-,15+/m0/s1. The number of amides is 1. The number of hydrogen-bond donors (Lipinski definition) is 2. The van der Waals surface area contributed by atoms with Crippen LogP contribution in [0.3, 0.4) is 0 Å². The van der Waals surface area contributed by atoms with Crippen molar-refractivity contribution >= 4 is 23.3 Å². The lowest BCUT2D eigenvalue weighted by Gasteiger charge is -2.37. The van der Waals surface area contributed by atoms with Crippen LogP contribution in [0.1, 0.15) is 52.0 Å². The van der Waals surface area contributed by atoms with Gasteiger partial charge in [0.15, 0.2) is 5.82 Å². The van der Waals surface area contributed by atoms with E-state index < -0.39 is 0 Å². The van der Waals surface area contributed by atoms with Gasteiger partial charge in [-0.1, -0.05) is 24.4 Å². The number of halogens is 1. The van der Waals surface area contributed by atoms with Crippen molar-refractivity contribution in [1.29, 1.82) is 0 Å². The van der Waals surface area contributed by atoms with E-state index in [-0.39, 0.29) is 17.4 Å². The van der Waals surface area contributed by atoms with E-state index in [1.807, 2.05) is 13.8 Å². The second kappa shape index (κ2) is 5.61. The zero-order valence-corrected chi connectivity index (χ0v) is 13.4. The molecule has 2 atom stereocenters. The van der Waals surface area contributed by atoms with Gasteiger partial charge in [0.25, 0.3) is 0 Å². The van der Waals surface area contributed by atoms with E-state index in [0.29, 0.717) is 16.9 Å². The molecular formula is C15H23ClN4O. The molecular weight excluding hydrogens is 288 g/mol. The summed E-state index contributed by atoms with van der Waals surface area (Å²) in [4.78, 5) is 12.8. The Kier molecular flexibility index (Phi) is 3.97. The summed E-state index contributed by atoms with van der Waals surface area (Å²) in [5, 5.41) is 11.4. The SMILES string of the molecule is CC(C)n1cc(Cl)c(NC(=O)[C@@]23CCCC[C@@H]2NCC3)n1. The van der Waals surface area contributed by atoms with Gasteiger partial charge in [0, 0.05) is 18.3 Å². The molecule has 0 unspecified atom stereocenters. The number of rotatable bonds is 3. The van der Waals surface area contributed by atoms with Gasteiger partial charge < -0.3 is 10.6 Å². The van der Waals surface area contributed by atoms with Crippen LogP contribution in [-0.4, -0.2) is 28.3 Å². The lowest BCUT2D eigenvalue weighted by Crippen LogP contribution is -2.47. The second-order valence-electron chi connectivity index (χ2n) is 6.51. The van der Waals surface area contributed by atoms with Crippen molar-refractivity contribution in [1.82, 2.24) is 15.1 Å². The van der Waals surface area contributed by atoms with Crippen LogP contribution >= 0.6 is 11.6 Å². The molecule has 2 fully saturated rings. The summed E-state index contributed by atoms with van der Waals surface area (Å²) in [5.74, 6) is 0.564. The van der Waals surface area contributed by atoms with Crippen LogP contribution in [0.4, 0.5) is 5.82 Å². The molecule has 1 amide bonds. The summed E-state index contributed by atoms with van der Waals surface area (Å²) in [7, 11) is 0. The van der Waals surface area contributed by atoms with Crippen LogP contribution < -0.4 is 10.6 Å². The fourth-order valence-corrected chi connectivity index (χ4v) is 3.83. The average molecular weight is 311 g/mol. The summed E-state index contributed by atoms with van der Waals surface area (Å²) in [6.45, 7) is 4.99. The number of nitrogens with one attached hydrogen (secondary N) is 2. The Morgan fingerprint density at radius 3 is 3.05 bits per heavy atom. The summed E-state index contributed by atoms with van der Waals surface area (Å²) >= 11 is 6.20. The number of carbonyl (C=O) groups excluding carboxylic acids is 1. The molecule has 0 bridgehead atoms. The molecule has 3 rings (SSSR count). The predicted molar refractivity (Wildman–Crippen MR) is 83.6 cm³/mol. The molecule has 1 saturated heterocycles. The second-order valence-corrected chi connectivity index (χ2v) is 6.92. The first kappa shape index (κ1) is 14.9. The molecule has 2 aliphatic rings. The summed E-state index contributed by atoms with van der Waals surface area (Å²) in [6.07, 6.45) is 7.05. The van der Waals surface area contributed by atoms with Crippen molar-refractivity contribution in [2.45, 2.75) is 58.0 Å². The molecule has 0 spiro atoms. The van der Waals surface area contributed by atoms with E-state index in [9.17, 15) is 4.79 Å². The normalized spacial score (nSPS) is 28.7. The van der Waals surface area contributed by atoms with Gasteiger partial charge in [-0.2, -0.15) is 5.10 Å². The molecule has 2 N–H and O–H groups in total. The number of nitrogens with zero attached hydrogens (tertiary/aromatic N) is 2. The Hall–Kier alpha value is -1.07. The fourth-order valence-electron chi connectivity index (χ4n) is 3.64. The van der Waals surface area contributed by atoms with Gasteiger partial charge in [-0.15, -0.1) is 0 Å². The average Bonchev–Trinajstić information content (AvgIpc) is 3.04. The summed E-state index contributed by atoms with van der Waals surface area (Å²) in [5.41, 5.74) is -0.275. The van der Waals surface area contributed by atoms with Gasteiger partial charge >= 0.3 is 0 Å². The highest BCUT2D eigenvalue weighted by Gasteiger charge is 2.50. The van der Waals surface area contributed by atoms with E-state index in [1.165, 1.54) is 6.42 Å². The van der Waals surface area contributed by atoms with Gasteiger partial charge in [-0.05, 0) is 39.7 Å². The number of carbonyl (C=O) groups is 1. The molecule has 1 aromatic heterocycles. The minimum absolute atomic E-state index is 0.0770. The Labute approximate surface area is 130 Å². The molecule has 6 heteroatoms. The van der Waals surface area contributed by atoms with E-state index in [1.54, 1.807) is 10.9 Å². The fraction of sp³-hybridized carbons (Fsp3) is 0.733. The van der Waals surface area contributed by atoms with E-state index in [2.05, 4.69) is 15.7 Å². The molecule has 1 aliphatic heterocycles. The molecule has 5 nitrogen and oxygen atoms in total. The first-order chi connectivity index (χ1) is 10.0. The topological polar surface area (TPSA) is 59.0 Å². The van der Waals surface area contributed by atoms with Gasteiger partial charge in [-0.3, -0.25) is 9.48 Å². The predicted octanol–water partition coefficient (Wildman–Crippen LogP) is 2.98. The number of aromatic nitrogens is 2. The van der Waals surface area contributed by atoms with Gasteiger partial charge in [-0.25, -0.2) is 0 Å². The highest BCUT2D eigenvalue weighted by Crippen LogP contribution is 2.43. The van der Waals surface area contributed by atoms with Gasteiger partial charge in [0.05, 0.1) is 5.41 Å². The first-order valence-corrected chi connectivity index (χ1v) is 8.20.